The minimum atomic E-state index is -0.583. The van der Waals surface area contributed by atoms with E-state index in [1.165, 1.54) is 23.9 Å². The Morgan fingerprint density at radius 3 is 2.63 bits per heavy atom. The Bertz CT molecular complexity index is 622. The van der Waals surface area contributed by atoms with Crippen LogP contribution in [0.4, 0.5) is 14.5 Å². The maximum absolute atomic E-state index is 13.8. The van der Waals surface area contributed by atoms with E-state index in [1.807, 2.05) is 0 Å². The molecule has 0 heterocycles. The second kappa shape index (κ2) is 6.11. The third-order valence-electron chi connectivity index (χ3n) is 2.48. The van der Waals surface area contributed by atoms with E-state index in [1.54, 1.807) is 18.2 Å². The summed E-state index contributed by atoms with van der Waals surface area (Å²) < 4.78 is 27.6. The van der Waals surface area contributed by atoms with Gasteiger partial charge in [-0.2, -0.15) is 0 Å². The molecule has 0 aliphatic rings. The van der Waals surface area contributed by atoms with E-state index < -0.39 is 11.6 Å². The van der Waals surface area contributed by atoms with Crippen LogP contribution in [0.15, 0.2) is 39.7 Å². The number of thioether (sulfide) groups is 1. The lowest BCUT2D eigenvalue weighted by molar-refractivity contribution is 0.562. The third-order valence-corrected chi connectivity index (χ3v) is 4.45. The summed E-state index contributed by atoms with van der Waals surface area (Å²) >= 11 is 10.1. The van der Waals surface area contributed by atoms with Crippen molar-refractivity contribution in [3.05, 3.63) is 57.0 Å². The molecule has 0 spiro atoms. The zero-order chi connectivity index (χ0) is 14.0. The fourth-order valence-electron chi connectivity index (χ4n) is 1.50. The molecular weight excluding hydrogens is 356 g/mol. The molecule has 0 radical (unpaired) electrons. The standard InChI is InChI=1S/C13H9BrClF2NS/c14-9-2-3-10(16)8(13(9)17)6-19-12-4-1-7(15)5-11(12)18/h1-5H,6,18H2. The summed E-state index contributed by atoms with van der Waals surface area (Å²) in [5.41, 5.74) is 6.31. The van der Waals surface area contributed by atoms with Crippen molar-refractivity contribution in [1.29, 1.82) is 0 Å². The fourth-order valence-corrected chi connectivity index (χ4v) is 3.01. The van der Waals surface area contributed by atoms with E-state index >= 15 is 0 Å². The van der Waals surface area contributed by atoms with Crippen molar-refractivity contribution in [2.24, 2.45) is 0 Å². The normalized spacial score (nSPS) is 10.7. The smallest absolute Gasteiger partial charge is 0.144 e. The maximum Gasteiger partial charge on any atom is 0.144 e. The number of rotatable bonds is 3. The van der Waals surface area contributed by atoms with Crippen molar-refractivity contribution >= 4 is 45.0 Å². The molecule has 0 amide bonds. The van der Waals surface area contributed by atoms with Crippen molar-refractivity contribution in [3.63, 3.8) is 0 Å². The molecular formula is C13H9BrClF2NS. The van der Waals surface area contributed by atoms with Gasteiger partial charge in [-0.05, 0) is 46.3 Å². The Morgan fingerprint density at radius 2 is 1.95 bits per heavy atom. The van der Waals surface area contributed by atoms with Gasteiger partial charge in [0.2, 0.25) is 0 Å². The Labute approximate surface area is 127 Å². The molecule has 0 aliphatic heterocycles. The number of halogens is 4. The van der Waals surface area contributed by atoms with E-state index in [9.17, 15) is 8.78 Å². The summed E-state index contributed by atoms with van der Waals surface area (Å²) in [6, 6.07) is 7.60. The molecule has 2 N–H and O–H groups in total. The molecule has 19 heavy (non-hydrogen) atoms. The van der Waals surface area contributed by atoms with Crippen LogP contribution < -0.4 is 5.73 Å². The van der Waals surface area contributed by atoms with Crippen molar-refractivity contribution < 1.29 is 8.78 Å². The number of hydrogen-bond donors (Lipinski definition) is 1. The molecule has 0 saturated carbocycles. The highest BCUT2D eigenvalue weighted by molar-refractivity contribution is 9.10. The van der Waals surface area contributed by atoms with Crippen molar-refractivity contribution in [1.82, 2.24) is 0 Å². The van der Waals surface area contributed by atoms with Gasteiger partial charge in [-0.15, -0.1) is 11.8 Å². The SMILES string of the molecule is Nc1cc(Cl)ccc1SCc1c(F)ccc(Br)c1F. The first-order valence-electron chi connectivity index (χ1n) is 5.29. The predicted octanol–water partition coefficient (Wildman–Crippen LogP) is 5.26. The van der Waals surface area contributed by atoms with Crippen molar-refractivity contribution in [2.75, 3.05) is 5.73 Å². The summed E-state index contributed by atoms with van der Waals surface area (Å²) in [4.78, 5) is 0.739. The van der Waals surface area contributed by atoms with Crippen LogP contribution in [0, 0.1) is 11.6 Å². The first-order chi connectivity index (χ1) is 8.99. The predicted molar refractivity (Wildman–Crippen MR) is 79.5 cm³/mol. The van der Waals surface area contributed by atoms with Gasteiger partial charge in [-0.3, -0.25) is 0 Å². The number of hydrogen-bond acceptors (Lipinski definition) is 2. The monoisotopic (exact) mass is 363 g/mol. The first-order valence-corrected chi connectivity index (χ1v) is 7.45. The van der Waals surface area contributed by atoms with Gasteiger partial charge < -0.3 is 5.73 Å². The number of benzene rings is 2. The highest BCUT2D eigenvalue weighted by Crippen LogP contribution is 2.32. The zero-order valence-corrected chi connectivity index (χ0v) is 12.7. The van der Waals surface area contributed by atoms with E-state index in [0.29, 0.717) is 10.7 Å². The van der Waals surface area contributed by atoms with Gasteiger partial charge in [0.1, 0.15) is 11.6 Å². The van der Waals surface area contributed by atoms with Gasteiger partial charge in [0, 0.05) is 26.9 Å². The summed E-state index contributed by atoms with van der Waals surface area (Å²) in [5, 5.41) is 0.529. The van der Waals surface area contributed by atoms with Gasteiger partial charge >= 0.3 is 0 Å². The highest BCUT2D eigenvalue weighted by atomic mass is 79.9. The lowest BCUT2D eigenvalue weighted by Gasteiger charge is -2.08. The summed E-state index contributed by atoms with van der Waals surface area (Å²) in [7, 11) is 0. The van der Waals surface area contributed by atoms with Gasteiger partial charge in [0.05, 0.1) is 4.47 Å². The van der Waals surface area contributed by atoms with E-state index in [2.05, 4.69) is 15.9 Å². The average molecular weight is 365 g/mol. The molecule has 2 aromatic rings. The second-order valence-corrected chi connectivity index (χ2v) is 6.10. The van der Waals surface area contributed by atoms with Crippen LogP contribution in [-0.4, -0.2) is 0 Å². The molecule has 0 unspecified atom stereocenters. The summed E-state index contributed by atoms with van der Waals surface area (Å²) in [5.74, 6) is -0.996. The minimum Gasteiger partial charge on any atom is -0.398 e. The zero-order valence-electron chi connectivity index (χ0n) is 9.59. The largest absolute Gasteiger partial charge is 0.398 e. The van der Waals surface area contributed by atoms with E-state index in [0.717, 1.165) is 4.90 Å². The first kappa shape index (κ1) is 14.6. The average Bonchev–Trinajstić information content (AvgIpc) is 2.36. The molecule has 1 nitrogen and oxygen atoms in total. The molecule has 0 bridgehead atoms. The van der Waals surface area contributed by atoms with Crippen LogP contribution in [0.3, 0.4) is 0 Å². The molecule has 0 fully saturated rings. The van der Waals surface area contributed by atoms with Gasteiger partial charge in [0.25, 0.3) is 0 Å². The molecule has 6 heteroatoms. The van der Waals surface area contributed by atoms with Crippen molar-refractivity contribution in [3.8, 4) is 0 Å². The number of nitrogen functional groups attached to an aromatic ring is 1. The van der Waals surface area contributed by atoms with Crippen LogP contribution in [0.1, 0.15) is 5.56 Å². The molecule has 2 rings (SSSR count). The molecule has 0 atom stereocenters. The van der Waals surface area contributed by atoms with Crippen LogP contribution in [0.2, 0.25) is 5.02 Å². The summed E-state index contributed by atoms with van der Waals surface area (Å²) in [6.45, 7) is 0. The molecule has 2 aromatic carbocycles. The van der Waals surface area contributed by atoms with E-state index in [4.69, 9.17) is 17.3 Å². The van der Waals surface area contributed by atoms with E-state index in [-0.39, 0.29) is 15.8 Å². The fraction of sp³-hybridized carbons (Fsp3) is 0.0769. The van der Waals surface area contributed by atoms with Crippen molar-refractivity contribution in [2.45, 2.75) is 10.6 Å². The third kappa shape index (κ3) is 3.41. The number of nitrogens with two attached hydrogens (primary N) is 1. The molecule has 100 valence electrons. The Hall–Kier alpha value is -0.780. The molecule has 0 saturated heterocycles. The molecule has 0 aromatic heterocycles. The minimum absolute atomic E-state index is 0.0220. The second-order valence-electron chi connectivity index (χ2n) is 3.79. The Balaban J connectivity index is 2.21. The number of anilines is 1. The van der Waals surface area contributed by atoms with Gasteiger partial charge in [-0.25, -0.2) is 8.78 Å². The van der Waals surface area contributed by atoms with Crippen LogP contribution in [-0.2, 0) is 5.75 Å². The highest BCUT2D eigenvalue weighted by Gasteiger charge is 2.13. The Morgan fingerprint density at radius 1 is 1.21 bits per heavy atom. The Kier molecular flexibility index (Phi) is 4.71. The van der Waals surface area contributed by atoms with Crippen LogP contribution in [0.5, 0.6) is 0 Å². The van der Waals surface area contributed by atoms with Crippen LogP contribution in [0.25, 0.3) is 0 Å². The van der Waals surface area contributed by atoms with Gasteiger partial charge in [-0.1, -0.05) is 11.6 Å². The van der Waals surface area contributed by atoms with Gasteiger partial charge in [0.15, 0.2) is 0 Å². The quantitative estimate of drug-likeness (QED) is 0.457. The molecule has 0 aliphatic carbocycles. The maximum atomic E-state index is 13.8. The lowest BCUT2D eigenvalue weighted by Crippen LogP contribution is -1.95. The van der Waals surface area contributed by atoms with Crippen LogP contribution >= 0.6 is 39.3 Å². The summed E-state index contributed by atoms with van der Waals surface area (Å²) in [6.07, 6.45) is 0. The topological polar surface area (TPSA) is 26.0 Å². The lowest BCUT2D eigenvalue weighted by atomic mass is 10.2.